The molecule has 0 radical (unpaired) electrons. The summed E-state index contributed by atoms with van der Waals surface area (Å²) in [5.41, 5.74) is 2.14. The Labute approximate surface area is 111 Å². The second-order valence-electron chi connectivity index (χ2n) is 3.92. The topological polar surface area (TPSA) is 47.0 Å². The van der Waals surface area contributed by atoms with E-state index in [0.717, 1.165) is 5.69 Å². The minimum absolute atomic E-state index is 0.336. The Morgan fingerprint density at radius 3 is 2.83 bits per heavy atom. The first kappa shape index (κ1) is 12.8. The largest absolute Gasteiger partial charge is 0.377 e. The van der Waals surface area contributed by atoms with Gasteiger partial charge in [0.25, 0.3) is 0 Å². The van der Waals surface area contributed by atoms with E-state index in [1.54, 1.807) is 13.2 Å². The molecule has 0 atom stereocenters. The molecule has 1 aromatic heterocycles. The van der Waals surface area contributed by atoms with Crippen LogP contribution in [0.5, 0.6) is 0 Å². The highest BCUT2D eigenvalue weighted by Crippen LogP contribution is 2.18. The van der Waals surface area contributed by atoms with Crippen molar-refractivity contribution in [2.24, 2.45) is 0 Å². The van der Waals surface area contributed by atoms with Crippen LogP contribution in [0.4, 0.5) is 11.5 Å². The third kappa shape index (κ3) is 3.42. The van der Waals surface area contributed by atoms with Gasteiger partial charge in [-0.2, -0.15) is 0 Å². The number of nitrogens with zero attached hydrogens (tertiary/aromatic N) is 2. The van der Waals surface area contributed by atoms with Crippen molar-refractivity contribution in [2.45, 2.75) is 13.5 Å². The van der Waals surface area contributed by atoms with E-state index in [9.17, 15) is 0 Å². The molecule has 2 rings (SSSR count). The third-order valence-corrected chi connectivity index (χ3v) is 2.50. The standard InChI is InChI=1S/C13H14ClN3O/c1-9-4-3-5-10(6-9)15-12-7-11(14)16-13(17-12)8-18-2/h3-7H,8H2,1-2H3,(H,15,16,17). The van der Waals surface area contributed by atoms with E-state index in [-0.39, 0.29) is 0 Å². The number of hydrogen-bond acceptors (Lipinski definition) is 4. The zero-order chi connectivity index (χ0) is 13.0. The molecule has 5 heteroatoms. The number of hydrogen-bond donors (Lipinski definition) is 1. The molecule has 0 aliphatic rings. The molecule has 0 spiro atoms. The third-order valence-electron chi connectivity index (χ3n) is 2.31. The van der Waals surface area contributed by atoms with Crippen molar-refractivity contribution in [3.8, 4) is 0 Å². The Bertz CT molecular complexity index is 546. The smallest absolute Gasteiger partial charge is 0.158 e. The molecule has 0 aliphatic heterocycles. The Kier molecular flexibility index (Phi) is 4.12. The van der Waals surface area contributed by atoms with Crippen molar-refractivity contribution < 1.29 is 4.74 Å². The van der Waals surface area contributed by atoms with Crippen molar-refractivity contribution in [1.82, 2.24) is 9.97 Å². The Balaban J connectivity index is 2.23. The summed E-state index contributed by atoms with van der Waals surface area (Å²) in [4.78, 5) is 8.39. The normalized spacial score (nSPS) is 10.4. The maximum absolute atomic E-state index is 5.94. The van der Waals surface area contributed by atoms with Gasteiger partial charge in [-0.1, -0.05) is 23.7 Å². The molecule has 0 saturated heterocycles. The monoisotopic (exact) mass is 263 g/mol. The van der Waals surface area contributed by atoms with Crippen molar-refractivity contribution in [1.29, 1.82) is 0 Å². The fourth-order valence-electron chi connectivity index (χ4n) is 1.59. The van der Waals surface area contributed by atoms with Gasteiger partial charge in [-0.15, -0.1) is 0 Å². The molecule has 1 heterocycles. The fourth-order valence-corrected chi connectivity index (χ4v) is 1.79. The predicted molar refractivity (Wildman–Crippen MR) is 72.2 cm³/mol. The van der Waals surface area contributed by atoms with Crippen LogP contribution in [0.2, 0.25) is 5.15 Å². The van der Waals surface area contributed by atoms with Gasteiger partial charge in [0.1, 0.15) is 17.6 Å². The van der Waals surface area contributed by atoms with Gasteiger partial charge in [-0.3, -0.25) is 0 Å². The lowest BCUT2D eigenvalue weighted by molar-refractivity contribution is 0.178. The second kappa shape index (κ2) is 5.80. The number of rotatable bonds is 4. The van der Waals surface area contributed by atoms with E-state index >= 15 is 0 Å². The molecule has 0 bridgehead atoms. The van der Waals surface area contributed by atoms with Crippen LogP contribution < -0.4 is 5.32 Å². The first-order chi connectivity index (χ1) is 8.67. The summed E-state index contributed by atoms with van der Waals surface area (Å²) in [6.45, 7) is 2.37. The lowest BCUT2D eigenvalue weighted by Crippen LogP contribution is -2.01. The fraction of sp³-hybridized carbons (Fsp3) is 0.231. The number of aryl methyl sites for hydroxylation is 1. The molecule has 4 nitrogen and oxygen atoms in total. The van der Waals surface area contributed by atoms with Gasteiger partial charge in [0.2, 0.25) is 0 Å². The minimum Gasteiger partial charge on any atom is -0.377 e. The predicted octanol–water partition coefficient (Wildman–Crippen LogP) is 3.33. The quantitative estimate of drug-likeness (QED) is 0.860. The molecular weight excluding hydrogens is 250 g/mol. The van der Waals surface area contributed by atoms with Gasteiger partial charge in [0, 0.05) is 18.9 Å². The van der Waals surface area contributed by atoms with Crippen LogP contribution >= 0.6 is 11.6 Å². The number of anilines is 2. The lowest BCUT2D eigenvalue weighted by Gasteiger charge is -2.08. The summed E-state index contributed by atoms with van der Waals surface area (Å²) in [6, 6.07) is 9.71. The van der Waals surface area contributed by atoms with Gasteiger partial charge >= 0.3 is 0 Å². The van der Waals surface area contributed by atoms with Crippen LogP contribution in [-0.4, -0.2) is 17.1 Å². The highest BCUT2D eigenvalue weighted by molar-refractivity contribution is 6.29. The van der Waals surface area contributed by atoms with E-state index in [2.05, 4.69) is 15.3 Å². The van der Waals surface area contributed by atoms with E-state index in [1.165, 1.54) is 5.56 Å². The van der Waals surface area contributed by atoms with E-state index in [1.807, 2.05) is 31.2 Å². The molecular formula is C13H14ClN3O. The summed E-state index contributed by atoms with van der Waals surface area (Å²) >= 11 is 5.94. The molecule has 1 N–H and O–H groups in total. The van der Waals surface area contributed by atoms with Crippen LogP contribution in [0, 0.1) is 6.92 Å². The van der Waals surface area contributed by atoms with Gasteiger partial charge in [0.15, 0.2) is 5.82 Å². The summed E-state index contributed by atoms with van der Waals surface area (Å²) in [5, 5.41) is 3.59. The highest BCUT2D eigenvalue weighted by atomic mass is 35.5. The number of aromatic nitrogens is 2. The number of nitrogens with one attached hydrogen (secondary N) is 1. The number of methoxy groups -OCH3 is 1. The molecule has 0 unspecified atom stereocenters. The average molecular weight is 264 g/mol. The Hall–Kier alpha value is -1.65. The van der Waals surface area contributed by atoms with Gasteiger partial charge in [-0.05, 0) is 24.6 Å². The zero-order valence-corrected chi connectivity index (χ0v) is 11.0. The maximum Gasteiger partial charge on any atom is 0.158 e. The summed E-state index contributed by atoms with van der Waals surface area (Å²) < 4.78 is 5.00. The molecule has 0 amide bonds. The van der Waals surface area contributed by atoms with Gasteiger partial charge in [-0.25, -0.2) is 9.97 Å². The van der Waals surface area contributed by atoms with Crippen molar-refractivity contribution in [3.63, 3.8) is 0 Å². The number of benzene rings is 1. The van der Waals surface area contributed by atoms with Crippen LogP contribution in [0.15, 0.2) is 30.3 Å². The van der Waals surface area contributed by atoms with Crippen LogP contribution in [0.25, 0.3) is 0 Å². The summed E-state index contributed by atoms with van der Waals surface area (Å²) in [5.74, 6) is 1.22. The SMILES string of the molecule is COCc1nc(Cl)cc(Nc2cccc(C)c2)n1. The average Bonchev–Trinajstić information content (AvgIpc) is 2.28. The van der Waals surface area contributed by atoms with Crippen LogP contribution in [0.1, 0.15) is 11.4 Å². The molecule has 1 aromatic carbocycles. The van der Waals surface area contributed by atoms with E-state index in [0.29, 0.717) is 23.4 Å². The molecule has 94 valence electrons. The summed E-state index contributed by atoms with van der Waals surface area (Å²) in [6.07, 6.45) is 0. The summed E-state index contributed by atoms with van der Waals surface area (Å²) in [7, 11) is 1.60. The van der Waals surface area contributed by atoms with E-state index < -0.39 is 0 Å². The highest BCUT2D eigenvalue weighted by Gasteiger charge is 2.03. The zero-order valence-electron chi connectivity index (χ0n) is 10.3. The van der Waals surface area contributed by atoms with Gasteiger partial charge < -0.3 is 10.1 Å². The first-order valence-corrected chi connectivity index (χ1v) is 5.91. The maximum atomic E-state index is 5.94. The van der Waals surface area contributed by atoms with Gasteiger partial charge in [0.05, 0.1) is 0 Å². The molecule has 0 aliphatic carbocycles. The number of halogens is 1. The van der Waals surface area contributed by atoms with Crippen molar-refractivity contribution >= 4 is 23.1 Å². The van der Waals surface area contributed by atoms with Crippen molar-refractivity contribution in [3.05, 3.63) is 46.9 Å². The Morgan fingerprint density at radius 2 is 2.11 bits per heavy atom. The number of ether oxygens (including phenoxy) is 1. The minimum atomic E-state index is 0.336. The second-order valence-corrected chi connectivity index (χ2v) is 4.31. The molecule has 18 heavy (non-hydrogen) atoms. The van der Waals surface area contributed by atoms with Crippen LogP contribution in [0.3, 0.4) is 0 Å². The first-order valence-electron chi connectivity index (χ1n) is 5.53. The van der Waals surface area contributed by atoms with Crippen molar-refractivity contribution in [2.75, 3.05) is 12.4 Å². The molecule has 0 saturated carbocycles. The van der Waals surface area contributed by atoms with E-state index in [4.69, 9.17) is 16.3 Å². The lowest BCUT2D eigenvalue weighted by atomic mass is 10.2. The van der Waals surface area contributed by atoms with Crippen LogP contribution in [-0.2, 0) is 11.3 Å². The Morgan fingerprint density at radius 1 is 1.28 bits per heavy atom. The molecule has 2 aromatic rings. The molecule has 0 fully saturated rings.